The standard InChI is InChI=1S/C24H24N2O3/c1-3-18-9-15-22(16-10-18)29-17(2)23(27)25-20-11-13-21(14-12-20)26-24(28)19-7-5-4-6-8-19/h4-17H,3H2,1-2H3,(H,25,27)(H,26,28). The van der Waals surface area contributed by atoms with Crippen LogP contribution in [0.1, 0.15) is 29.8 Å². The molecule has 0 aliphatic rings. The first-order chi connectivity index (χ1) is 14.0. The predicted molar refractivity (Wildman–Crippen MR) is 115 cm³/mol. The van der Waals surface area contributed by atoms with Crippen molar-refractivity contribution >= 4 is 23.2 Å². The summed E-state index contributed by atoms with van der Waals surface area (Å²) in [5, 5.41) is 5.65. The van der Waals surface area contributed by atoms with Gasteiger partial charge in [0.05, 0.1) is 0 Å². The van der Waals surface area contributed by atoms with E-state index < -0.39 is 6.10 Å². The van der Waals surface area contributed by atoms with Crippen LogP contribution in [0.25, 0.3) is 0 Å². The van der Waals surface area contributed by atoms with Gasteiger partial charge in [-0.05, 0) is 67.4 Å². The Bertz CT molecular complexity index is 952. The highest BCUT2D eigenvalue weighted by atomic mass is 16.5. The molecule has 0 radical (unpaired) electrons. The van der Waals surface area contributed by atoms with Crippen molar-refractivity contribution in [1.82, 2.24) is 0 Å². The molecule has 0 fully saturated rings. The molecule has 3 rings (SSSR count). The third kappa shape index (κ3) is 5.69. The monoisotopic (exact) mass is 388 g/mol. The topological polar surface area (TPSA) is 67.4 Å². The molecule has 29 heavy (non-hydrogen) atoms. The summed E-state index contributed by atoms with van der Waals surface area (Å²) < 4.78 is 5.70. The van der Waals surface area contributed by atoms with E-state index in [9.17, 15) is 9.59 Å². The predicted octanol–water partition coefficient (Wildman–Crippen LogP) is 4.91. The molecule has 0 aliphatic heterocycles. The summed E-state index contributed by atoms with van der Waals surface area (Å²) in [5.41, 5.74) is 3.08. The van der Waals surface area contributed by atoms with Crippen LogP contribution < -0.4 is 15.4 Å². The number of ether oxygens (including phenoxy) is 1. The second-order valence-corrected chi connectivity index (χ2v) is 6.64. The SMILES string of the molecule is CCc1ccc(OC(C)C(=O)Nc2ccc(NC(=O)c3ccccc3)cc2)cc1. The fraction of sp³-hybridized carbons (Fsp3) is 0.167. The second kappa shape index (κ2) is 9.55. The van der Waals surface area contributed by atoms with Crippen molar-refractivity contribution in [1.29, 1.82) is 0 Å². The highest BCUT2D eigenvalue weighted by molar-refractivity contribution is 6.04. The van der Waals surface area contributed by atoms with Gasteiger partial charge in [0.1, 0.15) is 5.75 Å². The maximum absolute atomic E-state index is 12.4. The van der Waals surface area contributed by atoms with Gasteiger partial charge >= 0.3 is 0 Å². The van der Waals surface area contributed by atoms with Crippen molar-refractivity contribution in [3.8, 4) is 5.75 Å². The molecule has 0 saturated heterocycles. The van der Waals surface area contributed by atoms with Crippen LogP contribution in [0.2, 0.25) is 0 Å². The van der Waals surface area contributed by atoms with Gasteiger partial charge in [0, 0.05) is 16.9 Å². The van der Waals surface area contributed by atoms with E-state index in [-0.39, 0.29) is 11.8 Å². The Balaban J connectivity index is 1.54. The molecule has 2 amide bonds. The highest BCUT2D eigenvalue weighted by Crippen LogP contribution is 2.17. The number of anilines is 2. The normalized spacial score (nSPS) is 11.4. The Morgan fingerprint density at radius 3 is 2.00 bits per heavy atom. The van der Waals surface area contributed by atoms with E-state index in [1.54, 1.807) is 43.3 Å². The van der Waals surface area contributed by atoms with E-state index in [0.29, 0.717) is 22.7 Å². The van der Waals surface area contributed by atoms with E-state index in [2.05, 4.69) is 17.6 Å². The Hall–Kier alpha value is -3.60. The molecular weight excluding hydrogens is 364 g/mol. The Morgan fingerprint density at radius 1 is 0.828 bits per heavy atom. The highest BCUT2D eigenvalue weighted by Gasteiger charge is 2.15. The Morgan fingerprint density at radius 2 is 1.41 bits per heavy atom. The average Bonchev–Trinajstić information content (AvgIpc) is 2.76. The molecule has 1 unspecified atom stereocenters. The molecule has 3 aromatic carbocycles. The van der Waals surface area contributed by atoms with E-state index >= 15 is 0 Å². The van der Waals surface area contributed by atoms with Gasteiger partial charge in [-0.3, -0.25) is 9.59 Å². The van der Waals surface area contributed by atoms with Crippen LogP contribution >= 0.6 is 0 Å². The number of hydrogen-bond donors (Lipinski definition) is 2. The third-order valence-corrected chi connectivity index (χ3v) is 4.46. The van der Waals surface area contributed by atoms with Crippen molar-refractivity contribution < 1.29 is 14.3 Å². The van der Waals surface area contributed by atoms with Crippen LogP contribution in [-0.4, -0.2) is 17.9 Å². The smallest absolute Gasteiger partial charge is 0.265 e. The summed E-state index contributed by atoms with van der Waals surface area (Å²) in [6.07, 6.45) is 0.318. The summed E-state index contributed by atoms with van der Waals surface area (Å²) in [7, 11) is 0. The van der Waals surface area contributed by atoms with E-state index in [0.717, 1.165) is 6.42 Å². The van der Waals surface area contributed by atoms with Crippen molar-refractivity contribution in [2.24, 2.45) is 0 Å². The minimum Gasteiger partial charge on any atom is -0.481 e. The zero-order chi connectivity index (χ0) is 20.6. The van der Waals surface area contributed by atoms with E-state index in [4.69, 9.17) is 4.74 Å². The zero-order valence-electron chi connectivity index (χ0n) is 16.5. The number of hydrogen-bond acceptors (Lipinski definition) is 3. The fourth-order valence-corrected chi connectivity index (χ4v) is 2.73. The first-order valence-corrected chi connectivity index (χ1v) is 9.58. The molecular formula is C24H24N2O3. The van der Waals surface area contributed by atoms with Gasteiger partial charge in [0.2, 0.25) is 0 Å². The minimum absolute atomic E-state index is 0.182. The maximum atomic E-state index is 12.4. The van der Waals surface area contributed by atoms with Crippen LogP contribution in [0.4, 0.5) is 11.4 Å². The first-order valence-electron chi connectivity index (χ1n) is 9.58. The summed E-state index contributed by atoms with van der Waals surface area (Å²) in [6, 6.07) is 23.7. The number of rotatable bonds is 7. The van der Waals surface area contributed by atoms with Crippen LogP contribution in [-0.2, 0) is 11.2 Å². The van der Waals surface area contributed by atoms with Gasteiger partial charge < -0.3 is 15.4 Å². The third-order valence-electron chi connectivity index (χ3n) is 4.46. The molecule has 0 saturated carbocycles. The zero-order valence-corrected chi connectivity index (χ0v) is 16.5. The lowest BCUT2D eigenvalue weighted by molar-refractivity contribution is -0.122. The Kier molecular flexibility index (Phi) is 6.63. The average molecular weight is 388 g/mol. The Labute approximate surface area is 170 Å². The number of benzene rings is 3. The number of aryl methyl sites for hydroxylation is 1. The molecule has 5 nitrogen and oxygen atoms in total. The van der Waals surface area contributed by atoms with Gasteiger partial charge in [-0.1, -0.05) is 37.3 Å². The van der Waals surface area contributed by atoms with Crippen LogP contribution in [0.5, 0.6) is 5.75 Å². The van der Waals surface area contributed by atoms with Crippen LogP contribution in [0.15, 0.2) is 78.9 Å². The van der Waals surface area contributed by atoms with Crippen LogP contribution in [0, 0.1) is 0 Å². The van der Waals surface area contributed by atoms with Gasteiger partial charge in [-0.2, -0.15) is 0 Å². The lowest BCUT2D eigenvalue weighted by Crippen LogP contribution is -2.30. The maximum Gasteiger partial charge on any atom is 0.265 e. The van der Waals surface area contributed by atoms with E-state index in [1.165, 1.54) is 5.56 Å². The molecule has 0 bridgehead atoms. The van der Waals surface area contributed by atoms with E-state index in [1.807, 2.05) is 42.5 Å². The first kappa shape index (κ1) is 20.1. The van der Waals surface area contributed by atoms with Gasteiger partial charge in [-0.15, -0.1) is 0 Å². The van der Waals surface area contributed by atoms with Crippen molar-refractivity contribution in [3.05, 3.63) is 90.0 Å². The van der Waals surface area contributed by atoms with Gasteiger partial charge in [-0.25, -0.2) is 0 Å². The fourth-order valence-electron chi connectivity index (χ4n) is 2.73. The van der Waals surface area contributed by atoms with Crippen molar-refractivity contribution in [2.75, 3.05) is 10.6 Å². The molecule has 0 heterocycles. The molecule has 3 aromatic rings. The summed E-state index contributed by atoms with van der Waals surface area (Å²) in [6.45, 7) is 3.79. The summed E-state index contributed by atoms with van der Waals surface area (Å²) >= 11 is 0. The van der Waals surface area contributed by atoms with Crippen molar-refractivity contribution in [2.45, 2.75) is 26.4 Å². The lowest BCUT2D eigenvalue weighted by atomic mass is 10.2. The molecule has 148 valence electrons. The second-order valence-electron chi connectivity index (χ2n) is 6.64. The number of carbonyl (C=O) groups excluding carboxylic acids is 2. The molecule has 0 aliphatic carbocycles. The van der Waals surface area contributed by atoms with Gasteiger partial charge in [0.15, 0.2) is 6.10 Å². The number of amides is 2. The molecule has 0 aromatic heterocycles. The lowest BCUT2D eigenvalue weighted by Gasteiger charge is -2.15. The summed E-state index contributed by atoms with van der Waals surface area (Å²) in [4.78, 5) is 24.6. The quantitative estimate of drug-likeness (QED) is 0.604. The summed E-state index contributed by atoms with van der Waals surface area (Å²) in [5.74, 6) is 0.230. The molecule has 1 atom stereocenters. The molecule has 5 heteroatoms. The largest absolute Gasteiger partial charge is 0.481 e. The number of carbonyl (C=O) groups is 2. The van der Waals surface area contributed by atoms with Gasteiger partial charge in [0.25, 0.3) is 11.8 Å². The minimum atomic E-state index is -0.639. The molecule has 0 spiro atoms. The van der Waals surface area contributed by atoms with Crippen molar-refractivity contribution in [3.63, 3.8) is 0 Å². The van der Waals surface area contributed by atoms with Crippen LogP contribution in [0.3, 0.4) is 0 Å². The molecule has 2 N–H and O–H groups in total. The number of nitrogens with one attached hydrogen (secondary N) is 2.